The van der Waals surface area contributed by atoms with E-state index in [0.29, 0.717) is 12.0 Å². The maximum absolute atomic E-state index is 5.75. The van der Waals surface area contributed by atoms with E-state index < -0.39 is 0 Å². The number of nitrogens with zero attached hydrogens (tertiary/aromatic N) is 1. The van der Waals surface area contributed by atoms with Crippen LogP contribution in [0.15, 0.2) is 29.6 Å². The Morgan fingerprint density at radius 1 is 1.30 bits per heavy atom. The number of methoxy groups -OCH3 is 1. The summed E-state index contributed by atoms with van der Waals surface area (Å²) in [6.07, 6.45) is 4.81. The zero-order valence-corrected chi connectivity index (χ0v) is 15.0. The van der Waals surface area contributed by atoms with Gasteiger partial charge in [0.05, 0.1) is 12.8 Å². The van der Waals surface area contributed by atoms with Crippen LogP contribution >= 0.6 is 23.7 Å². The second kappa shape index (κ2) is 8.52. The lowest BCUT2D eigenvalue weighted by Gasteiger charge is -2.28. The number of hydrogen-bond acceptors (Lipinski definition) is 5. The van der Waals surface area contributed by atoms with E-state index in [2.05, 4.69) is 10.7 Å². The van der Waals surface area contributed by atoms with Crippen LogP contribution < -0.4 is 15.8 Å². The Morgan fingerprint density at radius 2 is 2.04 bits per heavy atom. The molecular weight excluding hydrogens is 330 g/mol. The smallest absolute Gasteiger partial charge is 0.496 e. The molecule has 0 bridgehead atoms. The monoisotopic (exact) mass is 355 g/mol. The van der Waals surface area contributed by atoms with Gasteiger partial charge in [0.15, 0.2) is 5.13 Å². The van der Waals surface area contributed by atoms with Crippen molar-refractivity contribution in [2.75, 3.05) is 19.0 Å². The highest BCUT2D eigenvalue weighted by atomic mass is 35.5. The fraction of sp³-hybridized carbons (Fsp3) is 0.471. The van der Waals surface area contributed by atoms with Crippen molar-refractivity contribution in [3.8, 4) is 17.0 Å². The summed E-state index contributed by atoms with van der Waals surface area (Å²) in [5.74, 6) is 1.57. The molecule has 23 heavy (non-hydrogen) atoms. The topological polar surface area (TPSA) is 60.2 Å². The summed E-state index contributed by atoms with van der Waals surface area (Å²) in [7, 11) is 1.69. The van der Waals surface area contributed by atoms with E-state index in [1.807, 2.05) is 24.3 Å². The van der Waals surface area contributed by atoms with Gasteiger partial charge in [0, 0.05) is 17.0 Å². The lowest BCUT2D eigenvalue weighted by molar-refractivity contribution is 0.345. The minimum atomic E-state index is 0. The molecule has 0 unspecified atom stereocenters. The van der Waals surface area contributed by atoms with Gasteiger partial charge < -0.3 is 15.8 Å². The summed E-state index contributed by atoms with van der Waals surface area (Å²) in [5.41, 5.74) is 7.77. The number of hydrogen-bond donors (Lipinski definition) is 2. The maximum Gasteiger partial charge on any atom is 1.00 e. The van der Waals surface area contributed by atoms with Crippen LogP contribution in [0.2, 0.25) is 0 Å². The molecule has 1 aromatic carbocycles. The Morgan fingerprint density at radius 3 is 2.74 bits per heavy atom. The van der Waals surface area contributed by atoms with Crippen LogP contribution in [-0.2, 0) is 0 Å². The molecule has 1 saturated carbocycles. The third kappa shape index (κ3) is 4.37. The largest absolute Gasteiger partial charge is 1.00 e. The van der Waals surface area contributed by atoms with Gasteiger partial charge in [-0.1, -0.05) is 12.1 Å². The van der Waals surface area contributed by atoms with E-state index in [1.165, 1.54) is 25.7 Å². The summed E-state index contributed by atoms with van der Waals surface area (Å²) < 4.78 is 5.42. The second-order valence-electron chi connectivity index (χ2n) is 5.84. The summed E-state index contributed by atoms with van der Waals surface area (Å²) >= 11 is 1.66. The Balaban J connectivity index is 0.00000192. The summed E-state index contributed by atoms with van der Waals surface area (Å²) in [4.78, 5) is 4.73. The predicted octanol–water partition coefficient (Wildman–Crippen LogP) is 4.39. The van der Waals surface area contributed by atoms with Gasteiger partial charge in [0.25, 0.3) is 0 Å². The quantitative estimate of drug-likeness (QED) is 0.834. The number of rotatable bonds is 5. The number of aromatic nitrogens is 1. The molecule has 2 aromatic rings. The van der Waals surface area contributed by atoms with Crippen molar-refractivity contribution >= 4 is 28.9 Å². The van der Waals surface area contributed by atoms with Crippen LogP contribution in [0, 0.1) is 5.92 Å². The summed E-state index contributed by atoms with van der Waals surface area (Å²) in [6, 6.07) is 8.53. The van der Waals surface area contributed by atoms with Gasteiger partial charge in [0.2, 0.25) is 0 Å². The van der Waals surface area contributed by atoms with Gasteiger partial charge >= 0.3 is 2.85 Å². The van der Waals surface area contributed by atoms with E-state index in [9.17, 15) is 0 Å². The molecule has 0 amide bonds. The molecule has 3 N–H and O–H groups in total. The number of benzene rings is 1. The van der Waals surface area contributed by atoms with Crippen LogP contribution in [0.25, 0.3) is 11.3 Å². The Hall–Kier alpha value is -1.30. The zero-order chi connectivity index (χ0) is 15.4. The zero-order valence-electron chi connectivity index (χ0n) is 15.3. The van der Waals surface area contributed by atoms with Crippen molar-refractivity contribution in [3.05, 3.63) is 29.6 Å². The number of para-hydroxylation sites is 1. The number of nitrogens with one attached hydrogen (secondary N) is 1. The molecule has 6 heteroatoms. The molecule has 0 saturated heterocycles. The SMILES string of the molecule is COc1ccccc1-c1csc(NC2CCC(CN)CC2)n1.Cl.[H+].[H+]. The number of halogens is 1. The van der Waals surface area contributed by atoms with Crippen LogP contribution in [0.5, 0.6) is 5.75 Å². The van der Waals surface area contributed by atoms with Gasteiger partial charge in [0.1, 0.15) is 5.75 Å². The first kappa shape index (κ1) is 18.0. The second-order valence-corrected chi connectivity index (χ2v) is 6.69. The molecule has 4 nitrogen and oxygen atoms in total. The van der Waals surface area contributed by atoms with Crippen molar-refractivity contribution in [2.45, 2.75) is 31.7 Å². The first-order chi connectivity index (χ1) is 10.8. The Bertz CT molecular complexity index is 621. The first-order valence-corrected chi connectivity index (χ1v) is 8.73. The average molecular weight is 356 g/mol. The van der Waals surface area contributed by atoms with Crippen molar-refractivity contribution in [2.24, 2.45) is 11.7 Å². The minimum Gasteiger partial charge on any atom is -0.496 e. The highest BCUT2D eigenvalue weighted by molar-refractivity contribution is 7.14. The maximum atomic E-state index is 5.75. The predicted molar refractivity (Wildman–Crippen MR) is 102 cm³/mol. The van der Waals surface area contributed by atoms with Crippen LogP contribution in [-0.4, -0.2) is 24.7 Å². The van der Waals surface area contributed by atoms with Crippen LogP contribution in [0.1, 0.15) is 28.5 Å². The standard InChI is InChI=1S/C17H23N3OS.ClH/c1-21-16-5-3-2-4-14(16)15-11-22-17(20-15)19-13-8-6-12(10-18)7-9-13;/h2-5,11-13H,6-10,18H2,1H3,(H,19,20);1H/p+2. The third-order valence-electron chi connectivity index (χ3n) is 4.39. The fourth-order valence-electron chi connectivity index (χ4n) is 3.04. The molecule has 1 heterocycles. The van der Waals surface area contributed by atoms with E-state index in [-0.39, 0.29) is 15.3 Å². The fourth-order valence-corrected chi connectivity index (χ4v) is 3.83. The normalized spacial score (nSPS) is 20.6. The van der Waals surface area contributed by atoms with E-state index in [1.54, 1.807) is 18.4 Å². The molecule has 1 aliphatic carbocycles. The van der Waals surface area contributed by atoms with Gasteiger partial charge in [-0.3, -0.25) is 0 Å². The van der Waals surface area contributed by atoms with E-state index in [4.69, 9.17) is 15.5 Å². The lowest BCUT2D eigenvalue weighted by atomic mass is 9.86. The molecule has 0 spiro atoms. The third-order valence-corrected chi connectivity index (χ3v) is 5.17. The van der Waals surface area contributed by atoms with Gasteiger partial charge in [-0.2, -0.15) is 0 Å². The number of anilines is 1. The lowest BCUT2D eigenvalue weighted by Crippen LogP contribution is -2.29. The van der Waals surface area contributed by atoms with Gasteiger partial charge in [-0.25, -0.2) is 4.98 Å². The van der Waals surface area contributed by atoms with E-state index >= 15 is 0 Å². The number of thiazole rings is 1. The Labute approximate surface area is 150 Å². The molecule has 0 aliphatic heterocycles. The minimum absolute atomic E-state index is 0. The van der Waals surface area contributed by atoms with E-state index in [0.717, 1.165) is 28.7 Å². The van der Waals surface area contributed by atoms with Gasteiger partial charge in [-0.05, 0) is 50.3 Å². The number of nitrogens with two attached hydrogens (primary N) is 1. The molecule has 0 atom stereocenters. The summed E-state index contributed by atoms with van der Waals surface area (Å²) in [6.45, 7) is 0.821. The summed E-state index contributed by atoms with van der Waals surface area (Å²) in [5, 5.41) is 6.67. The van der Waals surface area contributed by atoms with Gasteiger partial charge in [-0.15, -0.1) is 23.7 Å². The molecule has 3 rings (SSSR count). The molecule has 1 aromatic heterocycles. The van der Waals surface area contributed by atoms with Crippen molar-refractivity contribution < 1.29 is 7.59 Å². The highest BCUT2D eigenvalue weighted by Crippen LogP contribution is 2.33. The Kier molecular flexibility index (Phi) is 6.69. The molecule has 1 aliphatic rings. The molecular formula is C17H26ClN3OS+2. The van der Waals surface area contributed by atoms with Crippen LogP contribution in [0.3, 0.4) is 0 Å². The highest BCUT2D eigenvalue weighted by Gasteiger charge is 2.21. The molecule has 126 valence electrons. The van der Waals surface area contributed by atoms with Crippen molar-refractivity contribution in [3.63, 3.8) is 0 Å². The van der Waals surface area contributed by atoms with Crippen molar-refractivity contribution in [1.82, 2.24) is 4.98 Å². The number of ether oxygens (including phenoxy) is 1. The average Bonchev–Trinajstić information content (AvgIpc) is 3.04. The van der Waals surface area contributed by atoms with Crippen LogP contribution in [0.4, 0.5) is 5.13 Å². The molecule has 1 fully saturated rings. The van der Waals surface area contributed by atoms with Crippen molar-refractivity contribution in [1.29, 1.82) is 0 Å². The first-order valence-electron chi connectivity index (χ1n) is 7.85. The molecule has 0 radical (unpaired) electrons.